The molecule has 0 radical (unpaired) electrons. The molecule has 0 aliphatic carbocycles. The molecule has 1 amide bonds. The number of carbonyl (C=O) groups excluding carboxylic acids is 1. The Morgan fingerprint density at radius 1 is 1.20 bits per heavy atom. The first-order valence-corrected chi connectivity index (χ1v) is 9.68. The second-order valence-electron chi connectivity index (χ2n) is 5.58. The summed E-state index contributed by atoms with van der Waals surface area (Å²) in [5.41, 5.74) is 2.87. The van der Waals surface area contributed by atoms with E-state index >= 15 is 0 Å². The van der Waals surface area contributed by atoms with Crippen molar-refractivity contribution in [1.29, 1.82) is 0 Å². The summed E-state index contributed by atoms with van der Waals surface area (Å²) in [7, 11) is 0. The number of amides is 1. The lowest BCUT2D eigenvalue weighted by Gasteiger charge is -2.10. The first-order chi connectivity index (χ1) is 12.2. The molecule has 7 heteroatoms. The van der Waals surface area contributed by atoms with Gasteiger partial charge in [-0.05, 0) is 29.5 Å². The molecule has 1 aromatic carbocycles. The predicted molar refractivity (Wildman–Crippen MR) is 103 cm³/mol. The van der Waals surface area contributed by atoms with E-state index in [9.17, 15) is 4.79 Å². The van der Waals surface area contributed by atoms with Crippen molar-refractivity contribution in [2.75, 3.05) is 5.32 Å². The van der Waals surface area contributed by atoms with Gasteiger partial charge in [0.2, 0.25) is 5.13 Å². The van der Waals surface area contributed by atoms with Gasteiger partial charge < -0.3 is 4.57 Å². The van der Waals surface area contributed by atoms with Crippen molar-refractivity contribution in [3.8, 4) is 0 Å². The van der Waals surface area contributed by atoms with Crippen LogP contribution in [0.5, 0.6) is 0 Å². The Bertz CT molecular complexity index is 1020. The minimum atomic E-state index is -0.155. The van der Waals surface area contributed by atoms with Crippen LogP contribution in [0.4, 0.5) is 5.13 Å². The fourth-order valence-electron chi connectivity index (χ4n) is 2.71. The molecule has 3 aromatic heterocycles. The monoisotopic (exact) mass is 368 g/mol. The van der Waals surface area contributed by atoms with Gasteiger partial charge >= 0.3 is 0 Å². The van der Waals surface area contributed by atoms with Crippen LogP contribution >= 0.6 is 22.7 Å². The molecule has 0 saturated heterocycles. The van der Waals surface area contributed by atoms with Crippen molar-refractivity contribution >= 4 is 43.9 Å². The third-order valence-corrected chi connectivity index (χ3v) is 5.76. The van der Waals surface area contributed by atoms with E-state index in [2.05, 4.69) is 38.3 Å². The second kappa shape index (κ2) is 6.78. The molecule has 5 nitrogen and oxygen atoms in total. The van der Waals surface area contributed by atoms with Gasteiger partial charge in [-0.3, -0.25) is 10.1 Å². The molecule has 3 heterocycles. The van der Waals surface area contributed by atoms with Crippen LogP contribution in [-0.2, 0) is 13.0 Å². The van der Waals surface area contributed by atoms with Gasteiger partial charge in [0.25, 0.3) is 5.91 Å². The number of anilines is 1. The Balaban J connectivity index is 1.67. The maximum absolute atomic E-state index is 12.8. The number of aromatic nitrogens is 3. The van der Waals surface area contributed by atoms with E-state index in [1.807, 2.05) is 36.6 Å². The third kappa shape index (κ3) is 3.20. The molecule has 0 atom stereocenters. The molecule has 4 aromatic rings. The van der Waals surface area contributed by atoms with Crippen LogP contribution in [0.25, 0.3) is 10.2 Å². The topological polar surface area (TPSA) is 59.8 Å². The van der Waals surface area contributed by atoms with Crippen LogP contribution in [0.3, 0.4) is 0 Å². The Morgan fingerprint density at radius 2 is 2.04 bits per heavy atom. The first kappa shape index (κ1) is 16.0. The van der Waals surface area contributed by atoms with Crippen molar-refractivity contribution in [3.05, 3.63) is 64.1 Å². The van der Waals surface area contributed by atoms with Gasteiger partial charge in [-0.25, -0.2) is 0 Å². The quantitative estimate of drug-likeness (QED) is 0.567. The summed E-state index contributed by atoms with van der Waals surface area (Å²) in [5.74, 6) is -0.155. The van der Waals surface area contributed by atoms with E-state index in [4.69, 9.17) is 0 Å². The molecule has 0 aliphatic heterocycles. The highest BCUT2D eigenvalue weighted by Gasteiger charge is 2.18. The van der Waals surface area contributed by atoms with Crippen LogP contribution in [0.2, 0.25) is 0 Å². The van der Waals surface area contributed by atoms with Crippen LogP contribution < -0.4 is 5.32 Å². The number of carbonyl (C=O) groups is 1. The van der Waals surface area contributed by atoms with Crippen LogP contribution in [0.1, 0.15) is 28.0 Å². The molecule has 0 saturated carbocycles. The zero-order chi connectivity index (χ0) is 17.2. The smallest absolute Gasteiger partial charge is 0.274 e. The minimum absolute atomic E-state index is 0.155. The molecule has 0 spiro atoms. The van der Waals surface area contributed by atoms with Gasteiger partial charge in [0, 0.05) is 6.54 Å². The molecule has 0 unspecified atom stereocenters. The van der Waals surface area contributed by atoms with Gasteiger partial charge in [0.15, 0.2) is 0 Å². The number of rotatable bonds is 5. The number of hydrogen-bond donors (Lipinski definition) is 1. The summed E-state index contributed by atoms with van der Waals surface area (Å²) < 4.78 is 3.16. The van der Waals surface area contributed by atoms with Crippen LogP contribution in [-0.4, -0.2) is 20.7 Å². The van der Waals surface area contributed by atoms with Crippen molar-refractivity contribution in [3.63, 3.8) is 0 Å². The lowest BCUT2D eigenvalue weighted by molar-refractivity contribution is 0.101. The number of nitrogens with zero attached hydrogens (tertiary/aromatic N) is 3. The summed E-state index contributed by atoms with van der Waals surface area (Å²) in [4.78, 5) is 12.8. The molecular formula is C18H16N4OS2. The SMILES string of the molecule is CCc1nnc(NC(=O)c2cc3sccc3n2Cc2ccccc2)s1. The molecule has 0 bridgehead atoms. The zero-order valence-electron chi connectivity index (χ0n) is 13.6. The third-order valence-electron chi connectivity index (χ3n) is 3.93. The van der Waals surface area contributed by atoms with E-state index in [1.54, 1.807) is 11.3 Å². The largest absolute Gasteiger partial charge is 0.331 e. The van der Waals surface area contributed by atoms with Gasteiger partial charge in [-0.2, -0.15) is 0 Å². The van der Waals surface area contributed by atoms with Gasteiger partial charge in [-0.15, -0.1) is 21.5 Å². The Kier molecular flexibility index (Phi) is 4.33. The number of benzene rings is 1. The average molecular weight is 368 g/mol. The maximum atomic E-state index is 12.8. The number of hydrogen-bond acceptors (Lipinski definition) is 5. The maximum Gasteiger partial charge on any atom is 0.274 e. The van der Waals surface area contributed by atoms with Crippen LogP contribution in [0.15, 0.2) is 47.8 Å². The summed E-state index contributed by atoms with van der Waals surface area (Å²) in [6, 6.07) is 14.2. The summed E-state index contributed by atoms with van der Waals surface area (Å²) in [5, 5.41) is 14.5. The number of nitrogens with one attached hydrogen (secondary N) is 1. The van der Waals surface area contributed by atoms with E-state index in [0.29, 0.717) is 17.4 Å². The summed E-state index contributed by atoms with van der Waals surface area (Å²) in [6.45, 7) is 2.67. The van der Waals surface area contributed by atoms with Gasteiger partial charge in [-0.1, -0.05) is 48.6 Å². The minimum Gasteiger partial charge on any atom is -0.331 e. The number of aryl methyl sites for hydroxylation is 1. The Hall–Kier alpha value is -2.51. The lowest BCUT2D eigenvalue weighted by Crippen LogP contribution is -2.17. The highest BCUT2D eigenvalue weighted by Crippen LogP contribution is 2.27. The van der Waals surface area contributed by atoms with Crippen LogP contribution in [0, 0.1) is 0 Å². The van der Waals surface area contributed by atoms with Gasteiger partial charge in [0.1, 0.15) is 10.7 Å². The normalized spacial score (nSPS) is 11.1. The highest BCUT2D eigenvalue weighted by molar-refractivity contribution is 7.17. The number of thiophene rings is 1. The summed E-state index contributed by atoms with van der Waals surface area (Å²) in [6.07, 6.45) is 0.813. The summed E-state index contributed by atoms with van der Waals surface area (Å²) >= 11 is 3.05. The Labute approximate surface area is 153 Å². The van der Waals surface area contributed by atoms with Crippen molar-refractivity contribution in [2.45, 2.75) is 19.9 Å². The predicted octanol–water partition coefficient (Wildman–Crippen LogP) is 4.42. The number of fused-ring (bicyclic) bond motifs is 1. The fourth-order valence-corrected chi connectivity index (χ4v) is 4.21. The molecule has 1 N–H and O–H groups in total. The molecule has 0 aliphatic rings. The van der Waals surface area contributed by atoms with E-state index in [0.717, 1.165) is 27.2 Å². The van der Waals surface area contributed by atoms with Crippen molar-refractivity contribution in [1.82, 2.24) is 14.8 Å². The van der Waals surface area contributed by atoms with E-state index < -0.39 is 0 Å². The standard InChI is InChI=1S/C18H16N4OS2/c1-2-16-20-21-18(25-16)19-17(23)14-10-15-13(8-9-24-15)22(14)11-12-6-4-3-5-7-12/h3-10H,2,11H2,1H3,(H,19,21,23). The Morgan fingerprint density at radius 3 is 2.80 bits per heavy atom. The molecule has 126 valence electrons. The lowest BCUT2D eigenvalue weighted by atomic mass is 10.2. The molecular weight excluding hydrogens is 352 g/mol. The zero-order valence-corrected chi connectivity index (χ0v) is 15.2. The van der Waals surface area contributed by atoms with Gasteiger partial charge in [0.05, 0.1) is 10.2 Å². The second-order valence-corrected chi connectivity index (χ2v) is 7.59. The van der Waals surface area contributed by atoms with E-state index in [-0.39, 0.29) is 5.91 Å². The van der Waals surface area contributed by atoms with E-state index in [1.165, 1.54) is 11.3 Å². The van der Waals surface area contributed by atoms with Crippen molar-refractivity contribution < 1.29 is 4.79 Å². The molecule has 4 rings (SSSR count). The molecule has 25 heavy (non-hydrogen) atoms. The first-order valence-electron chi connectivity index (χ1n) is 7.99. The average Bonchev–Trinajstić information content (AvgIpc) is 3.33. The van der Waals surface area contributed by atoms with Crippen molar-refractivity contribution in [2.24, 2.45) is 0 Å². The fraction of sp³-hybridized carbons (Fsp3) is 0.167. The molecule has 0 fully saturated rings. The highest BCUT2D eigenvalue weighted by atomic mass is 32.1.